The molecule has 0 unspecified atom stereocenters. The van der Waals surface area contributed by atoms with E-state index >= 15 is 0 Å². The Balaban J connectivity index is 2.27. The molecule has 0 bridgehead atoms. The van der Waals surface area contributed by atoms with Crippen LogP contribution in [0.1, 0.15) is 23.5 Å². The molecule has 2 aromatic rings. The van der Waals surface area contributed by atoms with E-state index in [1.165, 1.54) is 6.92 Å². The molecule has 0 spiro atoms. The lowest BCUT2D eigenvalue weighted by Gasteiger charge is -2.09. The second-order valence-corrected chi connectivity index (χ2v) is 3.99. The summed E-state index contributed by atoms with van der Waals surface area (Å²) in [6.45, 7) is 1.47. The minimum atomic E-state index is -2.89. The van der Waals surface area contributed by atoms with E-state index in [1.807, 2.05) is 6.07 Å². The zero-order chi connectivity index (χ0) is 13.8. The van der Waals surface area contributed by atoms with Gasteiger partial charge in [-0.05, 0) is 12.5 Å². The average Bonchev–Trinajstić information content (AvgIpc) is 2.38. The van der Waals surface area contributed by atoms with Crippen molar-refractivity contribution in [3.05, 3.63) is 63.7 Å². The van der Waals surface area contributed by atoms with Gasteiger partial charge in [0.2, 0.25) is 16.9 Å². The molecule has 0 fully saturated rings. The molecule has 0 N–H and O–H groups in total. The fraction of sp³-hybridized carbons (Fsp3) is 0.214. The highest BCUT2D eigenvalue weighted by molar-refractivity contribution is 5.28. The fourth-order valence-corrected chi connectivity index (χ4v) is 1.64. The summed E-state index contributed by atoms with van der Waals surface area (Å²) in [6.07, 6.45) is -2.89. The Bertz CT molecular complexity index is 606. The van der Waals surface area contributed by atoms with Gasteiger partial charge in [-0.1, -0.05) is 30.3 Å². The summed E-state index contributed by atoms with van der Waals surface area (Å²) in [5.41, 5.74) is 0.178. The number of hydrogen-bond acceptors (Lipinski definition) is 3. The molecular formula is C14H12F2O3. The number of rotatable bonds is 4. The number of alkyl halides is 2. The predicted octanol–water partition coefficient (Wildman–Crippen LogP) is 3.46. The molecular weight excluding hydrogens is 254 g/mol. The topological polar surface area (TPSA) is 39.4 Å². The van der Waals surface area contributed by atoms with Gasteiger partial charge in [0.05, 0.1) is 0 Å². The molecule has 2 rings (SSSR count). The first-order chi connectivity index (χ1) is 9.08. The van der Waals surface area contributed by atoms with E-state index in [2.05, 4.69) is 0 Å². The quantitative estimate of drug-likeness (QED) is 0.850. The van der Waals surface area contributed by atoms with Gasteiger partial charge in [0.1, 0.15) is 12.4 Å². The molecule has 5 heteroatoms. The molecule has 0 saturated heterocycles. The van der Waals surface area contributed by atoms with E-state index in [0.717, 1.165) is 11.6 Å². The Labute approximate surface area is 108 Å². The highest BCUT2D eigenvalue weighted by atomic mass is 19.3. The zero-order valence-corrected chi connectivity index (χ0v) is 10.2. The van der Waals surface area contributed by atoms with Gasteiger partial charge in [-0.25, -0.2) is 8.78 Å². The number of ether oxygens (including phenoxy) is 1. The predicted molar refractivity (Wildman–Crippen MR) is 65.4 cm³/mol. The van der Waals surface area contributed by atoms with Gasteiger partial charge in [0, 0.05) is 6.07 Å². The lowest BCUT2D eigenvalue weighted by atomic mass is 10.2. The second kappa shape index (κ2) is 5.65. The van der Waals surface area contributed by atoms with Crippen LogP contribution in [0.4, 0.5) is 8.78 Å². The molecule has 0 radical (unpaired) electrons. The molecule has 1 aromatic heterocycles. The highest BCUT2D eigenvalue weighted by Crippen LogP contribution is 2.27. The monoisotopic (exact) mass is 266 g/mol. The summed E-state index contributed by atoms with van der Waals surface area (Å²) in [7, 11) is 0. The Kier molecular flexibility index (Phi) is 3.94. The first-order valence-electron chi connectivity index (χ1n) is 5.67. The Morgan fingerprint density at radius 1 is 1.26 bits per heavy atom. The van der Waals surface area contributed by atoms with Crippen LogP contribution in [-0.2, 0) is 6.61 Å². The van der Waals surface area contributed by atoms with Crippen molar-refractivity contribution in [2.75, 3.05) is 0 Å². The molecule has 3 nitrogen and oxygen atoms in total. The van der Waals surface area contributed by atoms with Crippen molar-refractivity contribution in [2.45, 2.75) is 20.0 Å². The van der Waals surface area contributed by atoms with Gasteiger partial charge in [-0.3, -0.25) is 4.79 Å². The van der Waals surface area contributed by atoms with Crippen LogP contribution in [0.25, 0.3) is 0 Å². The largest absolute Gasteiger partial charge is 0.481 e. The summed E-state index contributed by atoms with van der Waals surface area (Å²) < 4.78 is 35.6. The number of hydrogen-bond donors (Lipinski definition) is 0. The fourth-order valence-electron chi connectivity index (χ4n) is 1.64. The Morgan fingerprint density at radius 2 is 1.95 bits per heavy atom. The van der Waals surface area contributed by atoms with Gasteiger partial charge in [-0.15, -0.1) is 0 Å². The van der Waals surface area contributed by atoms with Crippen molar-refractivity contribution in [1.82, 2.24) is 0 Å². The van der Waals surface area contributed by atoms with Gasteiger partial charge in [0.15, 0.2) is 0 Å². The van der Waals surface area contributed by atoms with E-state index in [4.69, 9.17) is 9.15 Å². The first kappa shape index (κ1) is 13.3. The summed E-state index contributed by atoms with van der Waals surface area (Å²) >= 11 is 0. The molecule has 1 heterocycles. The third-order valence-corrected chi connectivity index (χ3v) is 2.48. The SMILES string of the molecule is Cc1cc(=O)c(OCc2ccccc2)c(C(F)F)o1. The minimum absolute atomic E-state index is 0.0361. The molecule has 0 amide bonds. The van der Waals surface area contributed by atoms with Crippen molar-refractivity contribution >= 4 is 0 Å². The third kappa shape index (κ3) is 3.19. The number of halogens is 2. The zero-order valence-electron chi connectivity index (χ0n) is 10.2. The van der Waals surface area contributed by atoms with Crippen molar-refractivity contribution in [3.63, 3.8) is 0 Å². The third-order valence-electron chi connectivity index (χ3n) is 2.48. The summed E-state index contributed by atoms with van der Waals surface area (Å²) in [5.74, 6) is -1.02. The molecule has 0 saturated carbocycles. The van der Waals surface area contributed by atoms with Gasteiger partial charge >= 0.3 is 0 Å². The van der Waals surface area contributed by atoms with E-state index in [1.54, 1.807) is 24.3 Å². The summed E-state index contributed by atoms with van der Waals surface area (Å²) in [5, 5.41) is 0. The second-order valence-electron chi connectivity index (χ2n) is 3.99. The maximum atomic E-state index is 12.8. The summed E-state index contributed by atoms with van der Waals surface area (Å²) in [4.78, 5) is 11.7. The molecule has 19 heavy (non-hydrogen) atoms. The van der Waals surface area contributed by atoms with Crippen molar-refractivity contribution in [2.24, 2.45) is 0 Å². The van der Waals surface area contributed by atoms with Gasteiger partial charge < -0.3 is 9.15 Å². The number of aryl methyl sites for hydroxylation is 1. The molecule has 0 aliphatic carbocycles. The Morgan fingerprint density at radius 3 is 2.58 bits per heavy atom. The maximum Gasteiger partial charge on any atom is 0.299 e. The standard InChI is InChI=1S/C14H12F2O3/c1-9-7-11(17)12(13(19-9)14(15)16)18-8-10-5-3-2-4-6-10/h2-7,14H,8H2,1H3. The lowest BCUT2D eigenvalue weighted by molar-refractivity contribution is 0.108. The van der Waals surface area contributed by atoms with Crippen molar-refractivity contribution < 1.29 is 17.9 Å². The van der Waals surface area contributed by atoms with E-state index in [9.17, 15) is 13.6 Å². The molecule has 0 atom stereocenters. The molecule has 0 aliphatic heterocycles. The van der Waals surface area contributed by atoms with Crippen LogP contribution in [0.5, 0.6) is 5.75 Å². The molecule has 0 aliphatic rings. The van der Waals surface area contributed by atoms with Crippen LogP contribution in [0.15, 0.2) is 45.6 Å². The van der Waals surface area contributed by atoms with Crippen LogP contribution in [0.2, 0.25) is 0 Å². The normalized spacial score (nSPS) is 10.7. The number of benzene rings is 1. The van der Waals surface area contributed by atoms with Crippen molar-refractivity contribution in [1.29, 1.82) is 0 Å². The van der Waals surface area contributed by atoms with E-state index < -0.39 is 23.4 Å². The van der Waals surface area contributed by atoms with E-state index in [0.29, 0.717) is 0 Å². The van der Waals surface area contributed by atoms with Crippen LogP contribution in [0.3, 0.4) is 0 Å². The smallest absolute Gasteiger partial charge is 0.299 e. The van der Waals surface area contributed by atoms with Crippen LogP contribution in [0, 0.1) is 6.92 Å². The van der Waals surface area contributed by atoms with Crippen LogP contribution in [-0.4, -0.2) is 0 Å². The average molecular weight is 266 g/mol. The first-order valence-corrected chi connectivity index (χ1v) is 5.67. The van der Waals surface area contributed by atoms with Gasteiger partial charge in [-0.2, -0.15) is 0 Å². The summed E-state index contributed by atoms with van der Waals surface area (Å²) in [6, 6.07) is 10.1. The van der Waals surface area contributed by atoms with Crippen LogP contribution < -0.4 is 10.2 Å². The van der Waals surface area contributed by atoms with Crippen LogP contribution >= 0.6 is 0 Å². The molecule has 100 valence electrons. The van der Waals surface area contributed by atoms with E-state index in [-0.39, 0.29) is 12.4 Å². The van der Waals surface area contributed by atoms with Crippen molar-refractivity contribution in [3.8, 4) is 5.75 Å². The minimum Gasteiger partial charge on any atom is -0.481 e. The highest BCUT2D eigenvalue weighted by Gasteiger charge is 2.21. The lowest BCUT2D eigenvalue weighted by Crippen LogP contribution is -2.11. The molecule has 1 aromatic carbocycles. The van der Waals surface area contributed by atoms with Gasteiger partial charge in [0.25, 0.3) is 6.43 Å². The maximum absolute atomic E-state index is 12.8. The Hall–Kier alpha value is -2.17.